The number of thiazole rings is 1. The minimum Gasteiger partial charge on any atom is -0.371 e. The zero-order valence-electron chi connectivity index (χ0n) is 16.8. The molecular weight excluding hydrogens is 386 g/mol. The smallest absolute Gasteiger partial charge is 0.273 e. The zero-order valence-corrected chi connectivity index (χ0v) is 17.6. The van der Waals surface area contributed by atoms with E-state index in [9.17, 15) is 9.59 Å². The standard InChI is InChI=1S/C22H27N3O3S/c1-17-23-20(15-29-17)21(27)25-11-13-28-22(16-25)7-9-24(10-8-22)14-19-4-2-18(3-5-19)6-12-26/h2-5,12,15H,6-11,13-14,16H2,1H3. The van der Waals surface area contributed by atoms with Gasteiger partial charge in [0.15, 0.2) is 0 Å². The molecule has 6 nitrogen and oxygen atoms in total. The summed E-state index contributed by atoms with van der Waals surface area (Å²) in [5.74, 6) is 0.0230. The highest BCUT2D eigenvalue weighted by molar-refractivity contribution is 7.09. The van der Waals surface area contributed by atoms with Gasteiger partial charge in [-0.05, 0) is 30.9 Å². The van der Waals surface area contributed by atoms with Crippen molar-refractivity contribution in [3.05, 3.63) is 51.5 Å². The second-order valence-electron chi connectivity index (χ2n) is 7.97. The number of morpholine rings is 1. The Morgan fingerprint density at radius 3 is 2.59 bits per heavy atom. The summed E-state index contributed by atoms with van der Waals surface area (Å²) in [6.45, 7) is 6.60. The summed E-state index contributed by atoms with van der Waals surface area (Å²) in [6, 6.07) is 8.28. The molecule has 29 heavy (non-hydrogen) atoms. The Balaban J connectivity index is 1.33. The monoisotopic (exact) mass is 413 g/mol. The Morgan fingerprint density at radius 1 is 1.21 bits per heavy atom. The number of hydrogen-bond acceptors (Lipinski definition) is 6. The van der Waals surface area contributed by atoms with Crippen molar-refractivity contribution >= 4 is 23.5 Å². The van der Waals surface area contributed by atoms with Crippen LogP contribution in [0.5, 0.6) is 0 Å². The van der Waals surface area contributed by atoms with Gasteiger partial charge in [0.25, 0.3) is 5.91 Å². The van der Waals surface area contributed by atoms with E-state index >= 15 is 0 Å². The van der Waals surface area contributed by atoms with Crippen molar-refractivity contribution in [3.63, 3.8) is 0 Å². The quantitative estimate of drug-likeness (QED) is 0.706. The first-order chi connectivity index (χ1) is 14.1. The second kappa shape index (κ2) is 8.73. The predicted molar refractivity (Wildman–Crippen MR) is 112 cm³/mol. The lowest BCUT2D eigenvalue weighted by Gasteiger charge is -2.47. The Labute approximate surface area is 175 Å². The van der Waals surface area contributed by atoms with Crippen molar-refractivity contribution in [2.75, 3.05) is 32.8 Å². The van der Waals surface area contributed by atoms with Crippen LogP contribution in [0.15, 0.2) is 29.6 Å². The van der Waals surface area contributed by atoms with Gasteiger partial charge in [-0.15, -0.1) is 11.3 Å². The van der Waals surface area contributed by atoms with E-state index in [2.05, 4.69) is 22.0 Å². The maximum absolute atomic E-state index is 12.8. The lowest BCUT2D eigenvalue weighted by molar-refractivity contribution is -0.128. The van der Waals surface area contributed by atoms with E-state index in [-0.39, 0.29) is 11.5 Å². The fraction of sp³-hybridized carbons (Fsp3) is 0.500. The van der Waals surface area contributed by atoms with Crippen molar-refractivity contribution in [1.29, 1.82) is 0 Å². The molecule has 1 amide bonds. The fourth-order valence-corrected chi connectivity index (χ4v) is 4.78. The summed E-state index contributed by atoms with van der Waals surface area (Å²) in [4.78, 5) is 32.1. The highest BCUT2D eigenvalue weighted by atomic mass is 32.1. The number of nitrogens with zero attached hydrogens (tertiary/aromatic N) is 3. The number of aryl methyl sites for hydroxylation is 1. The van der Waals surface area contributed by atoms with Gasteiger partial charge in [-0.1, -0.05) is 24.3 Å². The molecule has 0 N–H and O–H groups in total. The van der Waals surface area contributed by atoms with Crippen LogP contribution in [0.2, 0.25) is 0 Å². The molecule has 2 fully saturated rings. The van der Waals surface area contributed by atoms with Gasteiger partial charge in [0.2, 0.25) is 0 Å². The van der Waals surface area contributed by atoms with Crippen LogP contribution in [-0.2, 0) is 22.5 Å². The molecule has 2 aliphatic rings. The normalized spacial score (nSPS) is 19.4. The summed E-state index contributed by atoms with van der Waals surface area (Å²) < 4.78 is 6.20. The number of amides is 1. The van der Waals surface area contributed by atoms with Crippen LogP contribution in [0.4, 0.5) is 0 Å². The number of rotatable bonds is 5. The van der Waals surface area contributed by atoms with E-state index in [4.69, 9.17) is 4.74 Å². The summed E-state index contributed by atoms with van der Waals surface area (Å²) >= 11 is 1.51. The van der Waals surface area contributed by atoms with Crippen LogP contribution < -0.4 is 0 Å². The number of aromatic nitrogens is 1. The molecule has 2 aromatic rings. The fourth-order valence-electron chi connectivity index (χ4n) is 4.20. The van der Waals surface area contributed by atoms with Crippen LogP contribution in [0.1, 0.15) is 39.5 Å². The molecule has 4 rings (SSSR count). The van der Waals surface area contributed by atoms with E-state index in [0.29, 0.717) is 31.8 Å². The van der Waals surface area contributed by atoms with E-state index in [1.54, 1.807) is 0 Å². The molecular formula is C22H27N3O3S. The summed E-state index contributed by atoms with van der Waals surface area (Å²) in [5, 5.41) is 2.77. The average molecular weight is 414 g/mol. The van der Waals surface area contributed by atoms with Gasteiger partial charge >= 0.3 is 0 Å². The van der Waals surface area contributed by atoms with Crippen LogP contribution in [0.3, 0.4) is 0 Å². The maximum Gasteiger partial charge on any atom is 0.273 e. The topological polar surface area (TPSA) is 62.7 Å². The van der Waals surface area contributed by atoms with Gasteiger partial charge in [-0.3, -0.25) is 9.69 Å². The van der Waals surface area contributed by atoms with Crippen molar-refractivity contribution in [3.8, 4) is 0 Å². The Kier molecular flexibility index (Phi) is 6.08. The lowest BCUT2D eigenvalue weighted by Crippen LogP contribution is -2.58. The Morgan fingerprint density at radius 2 is 1.93 bits per heavy atom. The number of carbonyl (C=O) groups excluding carboxylic acids is 2. The molecule has 1 spiro atoms. The minimum absolute atomic E-state index is 0.0230. The lowest BCUT2D eigenvalue weighted by atomic mass is 9.89. The molecule has 0 bridgehead atoms. The molecule has 1 aromatic carbocycles. The summed E-state index contributed by atoms with van der Waals surface area (Å²) in [5.41, 5.74) is 2.64. The van der Waals surface area contributed by atoms with Crippen LogP contribution in [0.25, 0.3) is 0 Å². The SMILES string of the molecule is Cc1nc(C(=O)N2CCOC3(CCN(Cc4ccc(CC=O)cc4)CC3)C2)cs1. The first-order valence-electron chi connectivity index (χ1n) is 10.2. The second-order valence-corrected chi connectivity index (χ2v) is 9.04. The van der Waals surface area contributed by atoms with Crippen LogP contribution in [0, 0.1) is 6.92 Å². The van der Waals surface area contributed by atoms with E-state index in [1.807, 2.05) is 29.3 Å². The molecule has 0 radical (unpaired) electrons. The van der Waals surface area contributed by atoms with Gasteiger partial charge in [0.1, 0.15) is 12.0 Å². The number of carbonyl (C=O) groups is 2. The van der Waals surface area contributed by atoms with E-state index < -0.39 is 0 Å². The summed E-state index contributed by atoms with van der Waals surface area (Å²) in [7, 11) is 0. The molecule has 0 unspecified atom stereocenters. The third-order valence-electron chi connectivity index (χ3n) is 5.89. The maximum atomic E-state index is 12.8. The van der Waals surface area contributed by atoms with Crippen molar-refractivity contribution < 1.29 is 14.3 Å². The van der Waals surface area contributed by atoms with Gasteiger partial charge in [0, 0.05) is 38.0 Å². The van der Waals surface area contributed by atoms with Crippen molar-refractivity contribution in [2.45, 2.75) is 38.3 Å². The summed E-state index contributed by atoms with van der Waals surface area (Å²) in [6.07, 6.45) is 3.26. The Hall–Kier alpha value is -2.09. The molecule has 7 heteroatoms. The third kappa shape index (κ3) is 4.74. The van der Waals surface area contributed by atoms with E-state index in [0.717, 1.165) is 49.3 Å². The number of benzene rings is 1. The largest absolute Gasteiger partial charge is 0.371 e. The number of piperidine rings is 1. The van der Waals surface area contributed by atoms with Crippen LogP contribution >= 0.6 is 11.3 Å². The number of likely N-dealkylation sites (tertiary alicyclic amines) is 1. The highest BCUT2D eigenvalue weighted by Gasteiger charge is 2.41. The van der Waals surface area contributed by atoms with Gasteiger partial charge in [0.05, 0.1) is 23.8 Å². The van der Waals surface area contributed by atoms with Crippen molar-refractivity contribution in [2.24, 2.45) is 0 Å². The third-order valence-corrected chi connectivity index (χ3v) is 6.66. The molecule has 154 valence electrons. The highest BCUT2D eigenvalue weighted by Crippen LogP contribution is 2.31. The van der Waals surface area contributed by atoms with Crippen molar-refractivity contribution in [1.82, 2.24) is 14.8 Å². The number of aldehydes is 1. The van der Waals surface area contributed by atoms with Crippen LogP contribution in [-0.4, -0.2) is 65.4 Å². The predicted octanol–water partition coefficient (Wildman–Crippen LogP) is 2.70. The molecule has 2 saturated heterocycles. The molecule has 0 atom stereocenters. The van der Waals surface area contributed by atoms with Gasteiger partial charge in [-0.2, -0.15) is 0 Å². The Bertz CT molecular complexity index is 856. The number of hydrogen-bond donors (Lipinski definition) is 0. The van der Waals surface area contributed by atoms with Gasteiger partial charge < -0.3 is 14.4 Å². The molecule has 0 aliphatic carbocycles. The minimum atomic E-state index is -0.233. The molecule has 3 heterocycles. The average Bonchev–Trinajstić information content (AvgIpc) is 3.17. The number of ether oxygens (including phenoxy) is 1. The molecule has 2 aliphatic heterocycles. The molecule has 0 saturated carbocycles. The van der Waals surface area contributed by atoms with Gasteiger partial charge in [-0.25, -0.2) is 4.98 Å². The first-order valence-corrected chi connectivity index (χ1v) is 11.0. The first kappa shape index (κ1) is 20.2. The van der Waals surface area contributed by atoms with E-state index in [1.165, 1.54) is 16.9 Å². The zero-order chi connectivity index (χ0) is 20.3. The molecule has 1 aromatic heterocycles.